The van der Waals surface area contributed by atoms with Crippen molar-refractivity contribution < 1.29 is 0 Å². The molecule has 1 spiro atoms. The number of fused-ring (bicyclic) bond motifs is 16. The van der Waals surface area contributed by atoms with E-state index in [2.05, 4.69) is 170 Å². The first-order valence-corrected chi connectivity index (χ1v) is 18.2. The molecule has 0 aromatic heterocycles. The maximum absolute atomic E-state index is 2.52. The Labute approximate surface area is 294 Å². The van der Waals surface area contributed by atoms with E-state index in [0.717, 1.165) is 0 Å². The smallest absolute Gasteiger partial charge is 0.0726 e. The minimum absolute atomic E-state index is 0.421. The van der Waals surface area contributed by atoms with Crippen molar-refractivity contribution in [3.8, 4) is 44.5 Å². The molecule has 1 heterocycles. The lowest BCUT2D eigenvalue weighted by Crippen LogP contribution is -2.25. The van der Waals surface area contributed by atoms with Crippen molar-refractivity contribution in [2.24, 2.45) is 0 Å². The third-order valence-corrected chi connectivity index (χ3v) is 12.8. The Balaban J connectivity index is 1.16. The van der Waals surface area contributed by atoms with Crippen molar-refractivity contribution in [1.29, 1.82) is 0 Å². The SMILES string of the molecule is c1ccc2c(c1)-c1ccc(-c3ccc4c(c3)-c3cccc5cccc(c35)S4)cc1C21c2ccc3ccccc3c2-c2c1ccc1ccccc21. The van der Waals surface area contributed by atoms with Gasteiger partial charge in [0.05, 0.1) is 5.41 Å². The molecule has 12 rings (SSSR count). The highest BCUT2D eigenvalue weighted by atomic mass is 32.2. The van der Waals surface area contributed by atoms with Crippen molar-refractivity contribution >= 4 is 44.1 Å². The van der Waals surface area contributed by atoms with Gasteiger partial charge in [0.1, 0.15) is 0 Å². The van der Waals surface area contributed by atoms with Gasteiger partial charge in [0.25, 0.3) is 0 Å². The second kappa shape index (κ2) is 9.63. The molecule has 0 N–H and O–H groups in total. The molecule has 0 saturated carbocycles. The molecule has 0 unspecified atom stereocenters. The maximum Gasteiger partial charge on any atom is 0.0726 e. The number of hydrogen-bond donors (Lipinski definition) is 0. The van der Waals surface area contributed by atoms with Crippen molar-refractivity contribution in [2.45, 2.75) is 15.2 Å². The van der Waals surface area contributed by atoms with Crippen molar-refractivity contribution in [3.05, 3.63) is 192 Å². The summed E-state index contributed by atoms with van der Waals surface area (Å²) in [6.07, 6.45) is 0. The molecule has 0 bridgehead atoms. The fourth-order valence-electron chi connectivity index (χ4n) is 9.63. The predicted molar refractivity (Wildman–Crippen MR) is 210 cm³/mol. The van der Waals surface area contributed by atoms with Gasteiger partial charge in [0, 0.05) is 15.2 Å². The quantitative estimate of drug-likeness (QED) is 0.171. The molecule has 50 heavy (non-hydrogen) atoms. The molecule has 3 aliphatic rings. The van der Waals surface area contributed by atoms with E-state index in [1.165, 1.54) is 109 Å². The zero-order valence-corrected chi connectivity index (χ0v) is 27.9. The molecule has 9 aromatic carbocycles. The Hall–Kier alpha value is -5.89. The van der Waals surface area contributed by atoms with Crippen LogP contribution in [0.25, 0.3) is 76.8 Å². The van der Waals surface area contributed by atoms with E-state index in [9.17, 15) is 0 Å². The highest BCUT2D eigenvalue weighted by Gasteiger charge is 2.52. The summed E-state index contributed by atoms with van der Waals surface area (Å²) in [6.45, 7) is 0. The fourth-order valence-corrected chi connectivity index (χ4v) is 10.8. The Bertz CT molecular complexity index is 2870. The Morgan fingerprint density at radius 2 is 0.940 bits per heavy atom. The van der Waals surface area contributed by atoms with Crippen LogP contribution in [0.15, 0.2) is 180 Å². The molecule has 0 atom stereocenters. The number of rotatable bonds is 1. The van der Waals surface area contributed by atoms with Gasteiger partial charge < -0.3 is 0 Å². The first kappa shape index (κ1) is 27.0. The van der Waals surface area contributed by atoms with E-state index in [0.29, 0.717) is 0 Å². The summed E-state index contributed by atoms with van der Waals surface area (Å²) < 4.78 is 0. The Kier molecular flexibility index (Phi) is 5.20. The monoisotopic (exact) mass is 648 g/mol. The van der Waals surface area contributed by atoms with Crippen LogP contribution in [0, 0.1) is 0 Å². The van der Waals surface area contributed by atoms with Gasteiger partial charge in [-0.05, 0) is 118 Å². The lowest BCUT2D eigenvalue weighted by Gasteiger charge is -2.31. The molecule has 0 amide bonds. The van der Waals surface area contributed by atoms with Crippen LogP contribution in [0.2, 0.25) is 0 Å². The molecular formula is C49H28S. The van der Waals surface area contributed by atoms with Gasteiger partial charge in [-0.2, -0.15) is 0 Å². The minimum atomic E-state index is -0.421. The first-order chi connectivity index (χ1) is 24.8. The van der Waals surface area contributed by atoms with Gasteiger partial charge >= 0.3 is 0 Å². The predicted octanol–water partition coefficient (Wildman–Crippen LogP) is 13.3. The summed E-state index contributed by atoms with van der Waals surface area (Å²) in [5.74, 6) is 0. The summed E-state index contributed by atoms with van der Waals surface area (Å²) in [4.78, 5) is 2.66. The third-order valence-electron chi connectivity index (χ3n) is 11.7. The van der Waals surface area contributed by atoms with Gasteiger partial charge in [-0.25, -0.2) is 0 Å². The summed E-state index contributed by atoms with van der Waals surface area (Å²) in [5, 5.41) is 7.88. The lowest BCUT2D eigenvalue weighted by atomic mass is 9.70. The van der Waals surface area contributed by atoms with Crippen LogP contribution < -0.4 is 0 Å². The molecule has 9 aromatic rings. The zero-order valence-electron chi connectivity index (χ0n) is 27.1. The molecular weight excluding hydrogens is 621 g/mol. The van der Waals surface area contributed by atoms with Gasteiger partial charge in [-0.3, -0.25) is 0 Å². The lowest BCUT2D eigenvalue weighted by molar-refractivity contribution is 0.795. The van der Waals surface area contributed by atoms with E-state index < -0.39 is 5.41 Å². The van der Waals surface area contributed by atoms with Crippen LogP contribution in [-0.2, 0) is 5.41 Å². The first-order valence-electron chi connectivity index (χ1n) is 17.4. The van der Waals surface area contributed by atoms with Crippen LogP contribution in [0.4, 0.5) is 0 Å². The van der Waals surface area contributed by atoms with Crippen LogP contribution in [0.1, 0.15) is 22.3 Å². The molecule has 0 radical (unpaired) electrons. The van der Waals surface area contributed by atoms with E-state index in [-0.39, 0.29) is 0 Å². The van der Waals surface area contributed by atoms with E-state index in [4.69, 9.17) is 0 Å². The van der Waals surface area contributed by atoms with Gasteiger partial charge in [-0.15, -0.1) is 0 Å². The van der Waals surface area contributed by atoms with E-state index >= 15 is 0 Å². The van der Waals surface area contributed by atoms with E-state index in [1.54, 1.807) is 0 Å². The second-order valence-electron chi connectivity index (χ2n) is 13.9. The normalized spacial score (nSPS) is 14.1. The van der Waals surface area contributed by atoms with Crippen LogP contribution in [0.3, 0.4) is 0 Å². The van der Waals surface area contributed by atoms with Gasteiger partial charge in [0.15, 0.2) is 0 Å². The third kappa shape index (κ3) is 3.29. The number of hydrogen-bond acceptors (Lipinski definition) is 1. The molecule has 2 aliphatic carbocycles. The molecule has 0 nitrogen and oxygen atoms in total. The van der Waals surface area contributed by atoms with Crippen molar-refractivity contribution in [3.63, 3.8) is 0 Å². The largest absolute Gasteiger partial charge is 0.0888 e. The minimum Gasteiger partial charge on any atom is -0.0888 e. The molecule has 1 aliphatic heterocycles. The molecule has 0 fully saturated rings. The van der Waals surface area contributed by atoms with Gasteiger partial charge in [0.2, 0.25) is 0 Å². The number of benzene rings is 9. The maximum atomic E-state index is 2.52. The molecule has 230 valence electrons. The topological polar surface area (TPSA) is 0 Å². The summed E-state index contributed by atoms with van der Waals surface area (Å²) in [7, 11) is 0. The summed E-state index contributed by atoms with van der Waals surface area (Å²) in [6, 6.07) is 64.3. The van der Waals surface area contributed by atoms with Crippen molar-refractivity contribution in [1.82, 2.24) is 0 Å². The second-order valence-corrected chi connectivity index (χ2v) is 15.0. The van der Waals surface area contributed by atoms with Crippen molar-refractivity contribution in [2.75, 3.05) is 0 Å². The average Bonchev–Trinajstić information content (AvgIpc) is 3.65. The highest BCUT2D eigenvalue weighted by Crippen LogP contribution is 2.65. The van der Waals surface area contributed by atoms with Crippen LogP contribution in [0.5, 0.6) is 0 Å². The summed E-state index contributed by atoms with van der Waals surface area (Å²) in [5.41, 5.74) is 15.7. The highest BCUT2D eigenvalue weighted by molar-refractivity contribution is 7.99. The standard InChI is InChI=1S/C49H28S/c1-3-13-34-29(9-1)20-24-41-47(34)48-35-14-4-2-10-30(35)21-25-42(48)49(41)40-17-6-5-15-36(40)37-23-19-33(28-43(37)49)32-22-26-44-39(27-32)38-16-7-11-31-12-8-18-45(50-44)46(31)38/h1-28H. The van der Waals surface area contributed by atoms with Gasteiger partial charge in [-0.1, -0.05) is 157 Å². The Morgan fingerprint density at radius 3 is 1.72 bits per heavy atom. The Morgan fingerprint density at radius 1 is 0.340 bits per heavy atom. The van der Waals surface area contributed by atoms with Crippen LogP contribution in [-0.4, -0.2) is 0 Å². The summed E-state index contributed by atoms with van der Waals surface area (Å²) >= 11 is 1.89. The zero-order chi connectivity index (χ0) is 32.6. The molecule has 1 heteroatoms. The van der Waals surface area contributed by atoms with Crippen LogP contribution >= 0.6 is 11.8 Å². The fraction of sp³-hybridized carbons (Fsp3) is 0.0204. The molecule has 0 saturated heterocycles. The van der Waals surface area contributed by atoms with E-state index in [1.807, 2.05) is 11.8 Å². The average molecular weight is 649 g/mol.